The van der Waals surface area contributed by atoms with Gasteiger partial charge < -0.3 is 10.6 Å². The van der Waals surface area contributed by atoms with Crippen LogP contribution in [0.1, 0.15) is 31.9 Å². The Labute approximate surface area is 112 Å². The lowest BCUT2D eigenvalue weighted by molar-refractivity contribution is 0.783. The topological polar surface area (TPSA) is 29.3 Å². The zero-order valence-electron chi connectivity index (χ0n) is 10.4. The SMILES string of the molecule is CC1=CCN(c2ccc([C@H](C)N)c(Br)c2)CC1. The van der Waals surface area contributed by atoms with Gasteiger partial charge in [-0.1, -0.05) is 33.6 Å². The lowest BCUT2D eigenvalue weighted by atomic mass is 10.1. The first-order valence-corrected chi connectivity index (χ1v) is 6.83. The van der Waals surface area contributed by atoms with Gasteiger partial charge in [0.05, 0.1) is 0 Å². The van der Waals surface area contributed by atoms with E-state index in [1.807, 2.05) is 6.92 Å². The van der Waals surface area contributed by atoms with Crippen molar-refractivity contribution in [3.8, 4) is 0 Å². The van der Waals surface area contributed by atoms with Crippen LogP contribution in [0.4, 0.5) is 5.69 Å². The predicted octanol–water partition coefficient (Wildman–Crippen LogP) is 3.63. The second-order valence-corrected chi connectivity index (χ2v) is 5.60. The van der Waals surface area contributed by atoms with Gasteiger partial charge in [-0.3, -0.25) is 0 Å². The van der Waals surface area contributed by atoms with Gasteiger partial charge in [-0.25, -0.2) is 0 Å². The van der Waals surface area contributed by atoms with Crippen LogP contribution < -0.4 is 10.6 Å². The highest BCUT2D eigenvalue weighted by molar-refractivity contribution is 9.10. The molecule has 1 aromatic rings. The molecule has 0 unspecified atom stereocenters. The second-order valence-electron chi connectivity index (χ2n) is 4.74. The van der Waals surface area contributed by atoms with Crippen molar-refractivity contribution in [2.45, 2.75) is 26.3 Å². The molecule has 1 aliphatic heterocycles. The molecule has 0 radical (unpaired) electrons. The quantitative estimate of drug-likeness (QED) is 0.844. The molecule has 3 heteroatoms. The van der Waals surface area contributed by atoms with Crippen LogP contribution >= 0.6 is 15.9 Å². The highest BCUT2D eigenvalue weighted by Crippen LogP contribution is 2.28. The maximum Gasteiger partial charge on any atom is 0.0380 e. The molecule has 1 heterocycles. The Balaban J connectivity index is 2.20. The summed E-state index contributed by atoms with van der Waals surface area (Å²) in [5.41, 5.74) is 9.83. The molecule has 0 fully saturated rings. The Morgan fingerprint density at radius 1 is 1.41 bits per heavy atom. The predicted molar refractivity (Wildman–Crippen MR) is 77.3 cm³/mol. The number of benzene rings is 1. The average Bonchev–Trinajstić information content (AvgIpc) is 2.29. The average molecular weight is 295 g/mol. The Hall–Kier alpha value is -0.800. The smallest absolute Gasteiger partial charge is 0.0380 e. The number of nitrogens with two attached hydrogens (primary N) is 1. The Kier molecular flexibility index (Phi) is 3.89. The molecule has 1 atom stereocenters. The summed E-state index contributed by atoms with van der Waals surface area (Å²) in [6, 6.07) is 6.53. The van der Waals surface area contributed by atoms with Gasteiger partial charge in [0.25, 0.3) is 0 Å². The molecule has 1 aromatic carbocycles. The largest absolute Gasteiger partial charge is 0.367 e. The van der Waals surface area contributed by atoms with E-state index in [1.54, 1.807) is 0 Å². The van der Waals surface area contributed by atoms with Crippen LogP contribution in [-0.2, 0) is 0 Å². The van der Waals surface area contributed by atoms with Gasteiger partial charge in [0.15, 0.2) is 0 Å². The zero-order valence-corrected chi connectivity index (χ0v) is 12.0. The normalized spacial score (nSPS) is 17.9. The summed E-state index contributed by atoms with van der Waals surface area (Å²) >= 11 is 3.60. The molecule has 0 aromatic heterocycles. The second kappa shape index (κ2) is 5.23. The first kappa shape index (κ1) is 12.7. The minimum Gasteiger partial charge on any atom is -0.367 e. The third-order valence-corrected chi connectivity index (χ3v) is 3.96. The molecule has 2 rings (SSSR count). The lowest BCUT2D eigenvalue weighted by Gasteiger charge is -2.28. The van der Waals surface area contributed by atoms with E-state index in [0.717, 1.165) is 29.5 Å². The summed E-state index contributed by atoms with van der Waals surface area (Å²) in [5, 5.41) is 0. The van der Waals surface area contributed by atoms with Crippen molar-refractivity contribution < 1.29 is 0 Å². The van der Waals surface area contributed by atoms with Gasteiger partial charge in [-0.15, -0.1) is 0 Å². The van der Waals surface area contributed by atoms with Crippen LogP contribution in [0.3, 0.4) is 0 Å². The fourth-order valence-electron chi connectivity index (χ4n) is 2.09. The molecular weight excluding hydrogens is 276 g/mol. The zero-order chi connectivity index (χ0) is 12.4. The molecule has 2 nitrogen and oxygen atoms in total. The van der Waals surface area contributed by atoms with Gasteiger partial charge in [0, 0.05) is 29.3 Å². The number of hydrogen-bond acceptors (Lipinski definition) is 2. The summed E-state index contributed by atoms with van der Waals surface area (Å²) in [5.74, 6) is 0. The summed E-state index contributed by atoms with van der Waals surface area (Å²) < 4.78 is 1.11. The van der Waals surface area contributed by atoms with Gasteiger partial charge >= 0.3 is 0 Å². The minimum absolute atomic E-state index is 0.0712. The molecule has 0 amide bonds. The molecule has 0 saturated carbocycles. The molecule has 0 aliphatic carbocycles. The number of hydrogen-bond donors (Lipinski definition) is 1. The van der Waals surface area contributed by atoms with Crippen molar-refractivity contribution >= 4 is 21.6 Å². The van der Waals surface area contributed by atoms with Crippen molar-refractivity contribution in [1.82, 2.24) is 0 Å². The number of rotatable bonds is 2. The van der Waals surface area contributed by atoms with Gasteiger partial charge in [0.2, 0.25) is 0 Å². The monoisotopic (exact) mass is 294 g/mol. The van der Waals surface area contributed by atoms with E-state index in [2.05, 4.69) is 52.0 Å². The van der Waals surface area contributed by atoms with Crippen LogP contribution in [0.15, 0.2) is 34.3 Å². The van der Waals surface area contributed by atoms with E-state index in [1.165, 1.54) is 11.3 Å². The molecule has 92 valence electrons. The number of halogens is 1. The molecule has 17 heavy (non-hydrogen) atoms. The summed E-state index contributed by atoms with van der Waals surface area (Å²) in [7, 11) is 0. The Morgan fingerprint density at radius 2 is 2.18 bits per heavy atom. The summed E-state index contributed by atoms with van der Waals surface area (Å²) in [4.78, 5) is 2.39. The van der Waals surface area contributed by atoms with Crippen molar-refractivity contribution in [3.05, 3.63) is 39.9 Å². The Bertz CT molecular complexity index is 438. The van der Waals surface area contributed by atoms with E-state index in [4.69, 9.17) is 5.73 Å². The number of anilines is 1. The lowest BCUT2D eigenvalue weighted by Crippen LogP contribution is -2.28. The van der Waals surface area contributed by atoms with Gasteiger partial charge in [0.1, 0.15) is 0 Å². The van der Waals surface area contributed by atoms with E-state index in [9.17, 15) is 0 Å². The third-order valence-electron chi connectivity index (χ3n) is 3.28. The summed E-state index contributed by atoms with van der Waals surface area (Å²) in [6.07, 6.45) is 3.46. The molecular formula is C14H19BrN2. The fraction of sp³-hybridized carbons (Fsp3) is 0.429. The minimum atomic E-state index is 0.0712. The van der Waals surface area contributed by atoms with Crippen molar-refractivity contribution in [2.24, 2.45) is 5.73 Å². The van der Waals surface area contributed by atoms with E-state index >= 15 is 0 Å². The van der Waals surface area contributed by atoms with Crippen molar-refractivity contribution in [3.63, 3.8) is 0 Å². The maximum absolute atomic E-state index is 5.91. The first-order valence-electron chi connectivity index (χ1n) is 6.03. The summed E-state index contributed by atoms with van der Waals surface area (Å²) in [6.45, 7) is 6.32. The molecule has 0 spiro atoms. The fourth-order valence-corrected chi connectivity index (χ4v) is 2.82. The van der Waals surface area contributed by atoms with E-state index in [-0.39, 0.29) is 6.04 Å². The molecule has 2 N–H and O–H groups in total. The van der Waals surface area contributed by atoms with Crippen LogP contribution in [0.25, 0.3) is 0 Å². The van der Waals surface area contributed by atoms with Crippen LogP contribution in [0.5, 0.6) is 0 Å². The third kappa shape index (κ3) is 2.90. The van der Waals surface area contributed by atoms with E-state index < -0.39 is 0 Å². The van der Waals surface area contributed by atoms with E-state index in [0.29, 0.717) is 0 Å². The molecule has 1 aliphatic rings. The maximum atomic E-state index is 5.91. The molecule has 0 bridgehead atoms. The van der Waals surface area contributed by atoms with Crippen LogP contribution in [-0.4, -0.2) is 13.1 Å². The number of nitrogens with zero attached hydrogens (tertiary/aromatic N) is 1. The first-order chi connectivity index (χ1) is 8.08. The standard InChI is InChI=1S/C14H19BrN2/c1-10-5-7-17(8-6-10)12-3-4-13(11(2)16)14(15)9-12/h3-5,9,11H,6-8,16H2,1-2H3/t11-/m0/s1. The highest BCUT2D eigenvalue weighted by atomic mass is 79.9. The van der Waals surface area contributed by atoms with Crippen LogP contribution in [0, 0.1) is 0 Å². The van der Waals surface area contributed by atoms with Gasteiger partial charge in [-0.05, 0) is 38.0 Å². The molecule has 0 saturated heterocycles. The Morgan fingerprint density at radius 3 is 2.71 bits per heavy atom. The van der Waals surface area contributed by atoms with Crippen LogP contribution in [0.2, 0.25) is 0 Å². The van der Waals surface area contributed by atoms with Crippen molar-refractivity contribution in [2.75, 3.05) is 18.0 Å². The van der Waals surface area contributed by atoms with Gasteiger partial charge in [-0.2, -0.15) is 0 Å². The highest BCUT2D eigenvalue weighted by Gasteiger charge is 2.12. The van der Waals surface area contributed by atoms with Crippen molar-refractivity contribution in [1.29, 1.82) is 0 Å².